The summed E-state index contributed by atoms with van der Waals surface area (Å²) in [7, 11) is 2.98. The number of hydrogen-bond donors (Lipinski definition) is 0. The van der Waals surface area contributed by atoms with E-state index in [-0.39, 0.29) is 5.91 Å². The van der Waals surface area contributed by atoms with Crippen molar-refractivity contribution in [2.75, 3.05) is 14.2 Å². The smallest absolute Gasteiger partial charge is 0.274 e. The molecule has 1 heterocycles. The van der Waals surface area contributed by atoms with Gasteiger partial charge in [0, 0.05) is 16.9 Å². The summed E-state index contributed by atoms with van der Waals surface area (Å²) >= 11 is 3.35. The van der Waals surface area contributed by atoms with Crippen LogP contribution in [0.3, 0.4) is 0 Å². The number of nitrogens with zero attached hydrogens (tertiary/aromatic N) is 3. The van der Waals surface area contributed by atoms with Gasteiger partial charge in [0.05, 0.1) is 24.4 Å². The van der Waals surface area contributed by atoms with Gasteiger partial charge < -0.3 is 0 Å². The number of halogens is 1. The molecule has 0 spiro atoms. The van der Waals surface area contributed by atoms with Gasteiger partial charge in [-0.1, -0.05) is 22.0 Å². The van der Waals surface area contributed by atoms with Gasteiger partial charge in [-0.25, -0.2) is 5.06 Å². The Morgan fingerprint density at radius 2 is 2.24 bits per heavy atom. The van der Waals surface area contributed by atoms with E-state index in [1.54, 1.807) is 7.05 Å². The molecule has 2 aromatic rings. The van der Waals surface area contributed by atoms with Crippen molar-refractivity contribution in [2.24, 2.45) is 0 Å². The molecule has 2 rings (SSSR count). The van der Waals surface area contributed by atoms with Crippen molar-refractivity contribution in [1.29, 1.82) is 0 Å². The van der Waals surface area contributed by atoms with Gasteiger partial charge in [0.1, 0.15) is 0 Å². The molecule has 6 heteroatoms. The van der Waals surface area contributed by atoms with Crippen molar-refractivity contribution in [3.8, 4) is 0 Å². The molecule has 0 unspecified atom stereocenters. The van der Waals surface area contributed by atoms with Crippen LogP contribution in [0.1, 0.15) is 10.4 Å². The maximum absolute atomic E-state index is 12.0. The van der Waals surface area contributed by atoms with Crippen LogP contribution in [0, 0.1) is 0 Å². The van der Waals surface area contributed by atoms with Crippen LogP contribution in [0.15, 0.2) is 28.9 Å². The van der Waals surface area contributed by atoms with Crippen LogP contribution in [-0.2, 0) is 4.84 Å². The predicted molar refractivity (Wildman–Crippen MR) is 66.3 cm³/mol. The summed E-state index contributed by atoms with van der Waals surface area (Å²) < 4.78 is 0.893. The monoisotopic (exact) mass is 295 g/mol. The average molecular weight is 296 g/mol. The zero-order valence-electron chi connectivity index (χ0n) is 9.35. The number of aromatic nitrogens is 2. The predicted octanol–water partition coefficient (Wildman–Crippen LogP) is 2.03. The van der Waals surface area contributed by atoms with Crippen molar-refractivity contribution in [2.45, 2.75) is 0 Å². The van der Waals surface area contributed by atoms with Crippen LogP contribution in [0.2, 0.25) is 0 Å². The third-order valence-electron chi connectivity index (χ3n) is 2.39. The van der Waals surface area contributed by atoms with Crippen LogP contribution in [0.4, 0.5) is 0 Å². The topological polar surface area (TPSA) is 55.3 Å². The van der Waals surface area contributed by atoms with Crippen LogP contribution in [-0.4, -0.2) is 35.3 Å². The fourth-order valence-electron chi connectivity index (χ4n) is 1.46. The van der Waals surface area contributed by atoms with E-state index in [2.05, 4.69) is 26.1 Å². The fraction of sp³-hybridized carbons (Fsp3) is 0.182. The summed E-state index contributed by atoms with van der Waals surface area (Å²) in [5, 5.41) is 9.70. The summed E-state index contributed by atoms with van der Waals surface area (Å²) in [6, 6.07) is 5.49. The molecule has 0 aliphatic rings. The highest BCUT2D eigenvalue weighted by atomic mass is 79.9. The minimum atomic E-state index is -0.255. The molecular weight excluding hydrogens is 286 g/mol. The Morgan fingerprint density at radius 3 is 2.94 bits per heavy atom. The number of hydrogen-bond acceptors (Lipinski definition) is 4. The van der Waals surface area contributed by atoms with Crippen molar-refractivity contribution in [3.63, 3.8) is 0 Å². The third-order valence-corrected chi connectivity index (χ3v) is 2.89. The van der Waals surface area contributed by atoms with Crippen molar-refractivity contribution < 1.29 is 9.63 Å². The van der Waals surface area contributed by atoms with Gasteiger partial charge in [0.25, 0.3) is 5.91 Å². The van der Waals surface area contributed by atoms with Gasteiger partial charge in [-0.2, -0.15) is 10.2 Å². The summed E-state index contributed by atoms with van der Waals surface area (Å²) in [5.41, 5.74) is 1.13. The lowest BCUT2D eigenvalue weighted by Crippen LogP contribution is -2.25. The average Bonchev–Trinajstić information content (AvgIpc) is 2.35. The molecule has 0 aliphatic heterocycles. The molecule has 0 radical (unpaired) electrons. The lowest BCUT2D eigenvalue weighted by Gasteiger charge is -2.14. The van der Waals surface area contributed by atoms with E-state index < -0.39 is 0 Å². The Balaban J connectivity index is 2.58. The first-order valence-corrected chi connectivity index (χ1v) is 5.66. The van der Waals surface area contributed by atoms with Crippen molar-refractivity contribution in [3.05, 3.63) is 34.4 Å². The van der Waals surface area contributed by atoms with Gasteiger partial charge in [-0.3, -0.25) is 9.63 Å². The Hall–Kier alpha value is -1.53. The third kappa shape index (κ3) is 2.27. The molecule has 5 nitrogen and oxygen atoms in total. The second kappa shape index (κ2) is 4.77. The Morgan fingerprint density at radius 1 is 1.47 bits per heavy atom. The van der Waals surface area contributed by atoms with Gasteiger partial charge in [0.2, 0.25) is 0 Å². The minimum Gasteiger partial charge on any atom is -0.274 e. The largest absolute Gasteiger partial charge is 0.279 e. The quantitative estimate of drug-likeness (QED) is 0.796. The molecule has 17 heavy (non-hydrogen) atoms. The Labute approximate surface area is 106 Å². The van der Waals surface area contributed by atoms with E-state index in [0.29, 0.717) is 11.1 Å². The van der Waals surface area contributed by atoms with E-state index >= 15 is 0 Å². The fourth-order valence-corrected chi connectivity index (χ4v) is 1.81. The van der Waals surface area contributed by atoms with E-state index in [1.165, 1.54) is 13.3 Å². The molecule has 88 valence electrons. The number of fused-ring (bicyclic) bond motifs is 1. The Bertz CT molecular complexity index is 574. The van der Waals surface area contributed by atoms with Gasteiger partial charge >= 0.3 is 0 Å². The SMILES string of the molecule is CON(C)C(=O)c1cnnc2cc(Br)ccc12. The highest BCUT2D eigenvalue weighted by Crippen LogP contribution is 2.21. The van der Waals surface area contributed by atoms with Gasteiger partial charge in [-0.05, 0) is 12.1 Å². The molecule has 0 atom stereocenters. The number of rotatable bonds is 2. The molecular formula is C11H10BrN3O2. The second-order valence-corrected chi connectivity index (χ2v) is 4.32. The van der Waals surface area contributed by atoms with Crippen molar-refractivity contribution >= 4 is 32.7 Å². The highest BCUT2D eigenvalue weighted by Gasteiger charge is 2.15. The number of amides is 1. The zero-order chi connectivity index (χ0) is 12.4. The maximum atomic E-state index is 12.0. The number of carbonyl (C=O) groups is 1. The van der Waals surface area contributed by atoms with Crippen LogP contribution in [0.5, 0.6) is 0 Å². The van der Waals surface area contributed by atoms with Crippen LogP contribution < -0.4 is 0 Å². The molecule has 0 saturated carbocycles. The number of carbonyl (C=O) groups excluding carboxylic acids is 1. The number of hydroxylamine groups is 2. The first-order chi connectivity index (χ1) is 8.13. The first kappa shape index (κ1) is 11.9. The molecule has 0 fully saturated rings. The van der Waals surface area contributed by atoms with E-state index in [1.807, 2.05) is 18.2 Å². The van der Waals surface area contributed by atoms with E-state index in [0.717, 1.165) is 14.9 Å². The second-order valence-electron chi connectivity index (χ2n) is 3.40. The molecule has 1 aromatic heterocycles. The molecule has 0 bridgehead atoms. The standard InChI is InChI=1S/C11H10BrN3O2/c1-15(17-2)11(16)9-6-13-14-10-5-7(12)3-4-8(9)10/h3-6H,1-2H3. The normalized spacial score (nSPS) is 10.5. The van der Waals surface area contributed by atoms with E-state index in [4.69, 9.17) is 4.84 Å². The summed E-state index contributed by atoms with van der Waals surface area (Å²) in [6.07, 6.45) is 1.44. The summed E-state index contributed by atoms with van der Waals surface area (Å²) in [5.74, 6) is -0.255. The lowest BCUT2D eigenvalue weighted by molar-refractivity contribution is -0.0756. The summed E-state index contributed by atoms with van der Waals surface area (Å²) in [4.78, 5) is 16.9. The molecule has 0 N–H and O–H groups in total. The van der Waals surface area contributed by atoms with Crippen molar-refractivity contribution in [1.82, 2.24) is 15.3 Å². The Kier molecular flexibility index (Phi) is 3.35. The highest BCUT2D eigenvalue weighted by molar-refractivity contribution is 9.10. The molecule has 0 aliphatic carbocycles. The number of benzene rings is 1. The molecule has 1 aromatic carbocycles. The minimum absolute atomic E-state index is 0.255. The van der Waals surface area contributed by atoms with Crippen LogP contribution in [0.25, 0.3) is 10.9 Å². The van der Waals surface area contributed by atoms with E-state index in [9.17, 15) is 4.79 Å². The van der Waals surface area contributed by atoms with Gasteiger partial charge in [-0.15, -0.1) is 0 Å². The zero-order valence-corrected chi connectivity index (χ0v) is 10.9. The molecule has 0 saturated heterocycles. The first-order valence-electron chi connectivity index (χ1n) is 4.86. The summed E-state index contributed by atoms with van der Waals surface area (Å²) in [6.45, 7) is 0. The van der Waals surface area contributed by atoms with Gasteiger partial charge in [0.15, 0.2) is 0 Å². The molecule has 1 amide bonds. The lowest BCUT2D eigenvalue weighted by atomic mass is 10.1. The van der Waals surface area contributed by atoms with Crippen LogP contribution >= 0.6 is 15.9 Å². The maximum Gasteiger partial charge on any atom is 0.279 e.